The summed E-state index contributed by atoms with van der Waals surface area (Å²) >= 11 is 0. The molecule has 0 atom stereocenters. The van der Waals surface area contributed by atoms with Crippen LogP contribution < -0.4 is 0 Å². The van der Waals surface area contributed by atoms with Gasteiger partial charge in [0.25, 0.3) is 0 Å². The topological polar surface area (TPSA) is 29.5 Å². The Morgan fingerprint density at radius 2 is 1.95 bits per heavy atom. The van der Waals surface area contributed by atoms with E-state index >= 15 is 0 Å². The number of amides is 1. The molecule has 0 N–H and O–H groups in total. The Kier molecular flexibility index (Phi) is 4.41. The molecule has 1 heterocycles. The van der Waals surface area contributed by atoms with Gasteiger partial charge in [-0.2, -0.15) is 0 Å². The van der Waals surface area contributed by atoms with Crippen molar-refractivity contribution >= 4 is 13.9 Å². The number of carbonyl (C=O) groups is 1. The minimum Gasteiger partial charge on any atom is -0.444 e. The molecule has 2 radical (unpaired) electrons. The third kappa shape index (κ3) is 4.02. The smallest absolute Gasteiger partial charge is 0.410 e. The highest BCUT2D eigenvalue weighted by Crippen LogP contribution is 2.27. The highest BCUT2D eigenvalue weighted by atomic mass is 16.6. The summed E-state index contributed by atoms with van der Waals surface area (Å²) in [4.78, 5) is 13.7. The molecule has 1 amide bonds. The average Bonchev–Trinajstić information content (AvgIpc) is 2.38. The van der Waals surface area contributed by atoms with Gasteiger partial charge in [0.2, 0.25) is 0 Å². The van der Waals surface area contributed by atoms with E-state index in [2.05, 4.69) is 12.2 Å². The molecule has 1 aliphatic carbocycles. The molecule has 0 aromatic rings. The SMILES string of the molecule is [B]C1=CC=C(C2=CCN(C(=O)OC(C)(C)C)CC2)CC1. The molecule has 0 bridgehead atoms. The first kappa shape index (κ1) is 15.0. The molecular weight excluding hydrogens is 249 g/mol. The molecule has 2 rings (SSSR count). The quantitative estimate of drug-likeness (QED) is 0.685. The Labute approximate surface area is 122 Å². The van der Waals surface area contributed by atoms with Gasteiger partial charge in [-0.1, -0.05) is 18.2 Å². The monoisotopic (exact) mass is 271 g/mol. The molecule has 20 heavy (non-hydrogen) atoms. The van der Waals surface area contributed by atoms with Crippen LogP contribution in [0.4, 0.5) is 4.79 Å². The van der Waals surface area contributed by atoms with Crippen LogP contribution in [0.3, 0.4) is 0 Å². The molecule has 0 spiro atoms. The largest absolute Gasteiger partial charge is 0.444 e. The molecule has 0 aromatic heterocycles. The van der Waals surface area contributed by atoms with Crippen LogP contribution in [0.15, 0.2) is 34.8 Å². The Morgan fingerprint density at radius 1 is 1.20 bits per heavy atom. The van der Waals surface area contributed by atoms with Gasteiger partial charge in [0.05, 0.1) is 0 Å². The van der Waals surface area contributed by atoms with Gasteiger partial charge in [-0.25, -0.2) is 4.79 Å². The molecule has 0 saturated heterocycles. The van der Waals surface area contributed by atoms with Crippen LogP contribution in [0.5, 0.6) is 0 Å². The second kappa shape index (κ2) is 5.90. The lowest BCUT2D eigenvalue weighted by molar-refractivity contribution is 0.0266. The minimum absolute atomic E-state index is 0.227. The summed E-state index contributed by atoms with van der Waals surface area (Å²) in [6.45, 7) is 7.01. The summed E-state index contributed by atoms with van der Waals surface area (Å²) in [5.41, 5.74) is 3.20. The molecule has 0 unspecified atom stereocenters. The number of nitrogens with zero attached hydrogens (tertiary/aromatic N) is 1. The molecule has 4 heteroatoms. The van der Waals surface area contributed by atoms with E-state index in [9.17, 15) is 4.79 Å². The van der Waals surface area contributed by atoms with Crippen LogP contribution in [0.2, 0.25) is 0 Å². The van der Waals surface area contributed by atoms with E-state index in [1.165, 1.54) is 11.1 Å². The van der Waals surface area contributed by atoms with Crippen LogP contribution in [-0.2, 0) is 4.74 Å². The minimum atomic E-state index is -0.435. The lowest BCUT2D eigenvalue weighted by Crippen LogP contribution is -2.39. The fourth-order valence-electron chi connectivity index (χ4n) is 2.37. The van der Waals surface area contributed by atoms with Crippen molar-refractivity contribution < 1.29 is 9.53 Å². The molecule has 106 valence electrons. The maximum Gasteiger partial charge on any atom is 0.410 e. The zero-order chi connectivity index (χ0) is 14.8. The Bertz CT molecular complexity index is 483. The van der Waals surface area contributed by atoms with Gasteiger partial charge in [-0.15, -0.1) is 5.47 Å². The first-order valence-electron chi connectivity index (χ1n) is 7.18. The van der Waals surface area contributed by atoms with Gasteiger partial charge < -0.3 is 9.64 Å². The molecule has 0 aromatic carbocycles. The predicted octanol–water partition coefficient (Wildman–Crippen LogP) is 3.33. The summed E-state index contributed by atoms with van der Waals surface area (Å²) in [7, 11) is 5.77. The molecule has 0 fully saturated rings. The lowest BCUT2D eigenvalue weighted by Gasteiger charge is -2.30. The van der Waals surface area contributed by atoms with E-state index in [4.69, 9.17) is 12.6 Å². The van der Waals surface area contributed by atoms with Gasteiger partial charge in [0, 0.05) is 13.1 Å². The summed E-state index contributed by atoms with van der Waals surface area (Å²) in [5.74, 6) is 0. The Balaban J connectivity index is 1.95. The van der Waals surface area contributed by atoms with Crippen LogP contribution in [0.25, 0.3) is 0 Å². The fraction of sp³-hybridized carbons (Fsp3) is 0.562. The number of hydrogen-bond donors (Lipinski definition) is 0. The van der Waals surface area contributed by atoms with E-state index < -0.39 is 5.60 Å². The van der Waals surface area contributed by atoms with Crippen molar-refractivity contribution in [3.63, 3.8) is 0 Å². The first-order valence-corrected chi connectivity index (χ1v) is 7.18. The third-order valence-electron chi connectivity index (χ3n) is 3.45. The summed E-state index contributed by atoms with van der Waals surface area (Å²) in [5, 5.41) is 0. The Hall–Kier alpha value is -1.45. The molecular formula is C16H22BNO2. The second-order valence-electron chi connectivity index (χ2n) is 6.34. The molecule has 3 nitrogen and oxygen atoms in total. The van der Waals surface area contributed by atoms with Crippen molar-refractivity contribution in [3.05, 3.63) is 34.8 Å². The number of ether oxygens (including phenoxy) is 1. The fourth-order valence-corrected chi connectivity index (χ4v) is 2.37. The molecule has 2 aliphatic rings. The Morgan fingerprint density at radius 3 is 2.45 bits per heavy atom. The highest BCUT2D eigenvalue weighted by Gasteiger charge is 2.24. The lowest BCUT2D eigenvalue weighted by atomic mass is 9.83. The number of rotatable bonds is 1. The van der Waals surface area contributed by atoms with Crippen LogP contribution in [0, 0.1) is 0 Å². The normalized spacial score (nSPS) is 19.9. The standard InChI is InChI=1S/C16H22BNO2/c1-16(2,3)20-15(19)18-10-8-13(9-11-18)12-4-6-14(17)7-5-12/h4,6,8H,5,7,9-11H2,1-3H3. The third-order valence-corrected chi connectivity index (χ3v) is 3.45. The first-order chi connectivity index (χ1) is 9.35. The van der Waals surface area contributed by atoms with E-state index in [1.54, 1.807) is 4.90 Å². The number of allylic oxidation sites excluding steroid dienone is 4. The van der Waals surface area contributed by atoms with E-state index in [-0.39, 0.29) is 6.09 Å². The van der Waals surface area contributed by atoms with E-state index in [1.807, 2.05) is 26.8 Å². The maximum absolute atomic E-state index is 12.0. The van der Waals surface area contributed by atoms with E-state index in [0.717, 1.165) is 31.3 Å². The summed E-state index contributed by atoms with van der Waals surface area (Å²) < 4.78 is 5.39. The van der Waals surface area contributed by atoms with Crippen molar-refractivity contribution in [3.8, 4) is 0 Å². The van der Waals surface area contributed by atoms with Crippen molar-refractivity contribution in [2.45, 2.75) is 45.6 Å². The van der Waals surface area contributed by atoms with Crippen LogP contribution in [0.1, 0.15) is 40.0 Å². The van der Waals surface area contributed by atoms with E-state index in [0.29, 0.717) is 6.54 Å². The van der Waals surface area contributed by atoms with Gasteiger partial charge in [-0.05, 0) is 51.2 Å². The molecule has 1 aliphatic heterocycles. The van der Waals surface area contributed by atoms with Crippen LogP contribution in [-0.4, -0.2) is 37.5 Å². The molecule has 0 saturated carbocycles. The second-order valence-corrected chi connectivity index (χ2v) is 6.34. The zero-order valence-electron chi connectivity index (χ0n) is 12.6. The average molecular weight is 271 g/mol. The maximum atomic E-state index is 12.0. The highest BCUT2D eigenvalue weighted by molar-refractivity contribution is 6.21. The van der Waals surface area contributed by atoms with Gasteiger partial charge in [0.1, 0.15) is 13.4 Å². The van der Waals surface area contributed by atoms with Gasteiger partial charge in [0.15, 0.2) is 0 Å². The predicted molar refractivity (Wildman–Crippen MR) is 81.7 cm³/mol. The van der Waals surface area contributed by atoms with Crippen molar-refractivity contribution in [2.24, 2.45) is 0 Å². The number of hydrogen-bond acceptors (Lipinski definition) is 2. The number of carbonyl (C=O) groups excluding carboxylic acids is 1. The summed E-state index contributed by atoms with van der Waals surface area (Å²) in [6, 6.07) is 0. The van der Waals surface area contributed by atoms with Crippen molar-refractivity contribution in [2.75, 3.05) is 13.1 Å². The summed E-state index contributed by atoms with van der Waals surface area (Å²) in [6.07, 6.45) is 8.82. The van der Waals surface area contributed by atoms with Crippen molar-refractivity contribution in [1.82, 2.24) is 4.90 Å². The zero-order valence-corrected chi connectivity index (χ0v) is 12.6. The van der Waals surface area contributed by atoms with Crippen LogP contribution >= 0.6 is 0 Å². The van der Waals surface area contributed by atoms with Gasteiger partial charge >= 0.3 is 6.09 Å². The van der Waals surface area contributed by atoms with Gasteiger partial charge in [-0.3, -0.25) is 0 Å². The van der Waals surface area contributed by atoms with Crippen molar-refractivity contribution in [1.29, 1.82) is 0 Å².